The zero-order valence-corrected chi connectivity index (χ0v) is 21.2. The number of thioether (sulfide) groups is 1. The predicted molar refractivity (Wildman–Crippen MR) is 134 cm³/mol. The van der Waals surface area contributed by atoms with Crippen molar-refractivity contribution in [2.75, 3.05) is 49.8 Å². The summed E-state index contributed by atoms with van der Waals surface area (Å²) < 4.78 is 10.8. The molecule has 0 aliphatic carbocycles. The van der Waals surface area contributed by atoms with E-state index in [2.05, 4.69) is 33.9 Å². The molecule has 1 N–H and O–H groups in total. The van der Waals surface area contributed by atoms with Crippen LogP contribution in [-0.4, -0.2) is 68.1 Å². The second kappa shape index (κ2) is 12.0. The average Bonchev–Trinajstić information content (AvgIpc) is 2.96. The van der Waals surface area contributed by atoms with E-state index in [0.717, 1.165) is 11.3 Å². The lowest BCUT2D eigenvalue weighted by Gasteiger charge is -2.23. The van der Waals surface area contributed by atoms with Gasteiger partial charge in [-0.1, -0.05) is 37.7 Å². The molecule has 1 atom stereocenters. The molecule has 1 aromatic carbocycles. The Morgan fingerprint density at radius 2 is 2.09 bits per heavy atom. The smallest absolute Gasteiger partial charge is 0.406 e. The summed E-state index contributed by atoms with van der Waals surface area (Å²) in [5, 5.41) is 3.34. The van der Waals surface area contributed by atoms with Crippen LogP contribution >= 0.6 is 11.8 Å². The summed E-state index contributed by atoms with van der Waals surface area (Å²) in [7, 11) is 3.29. The fourth-order valence-corrected chi connectivity index (χ4v) is 4.10. The van der Waals surface area contributed by atoms with Crippen LogP contribution in [0, 0.1) is 5.92 Å². The first-order valence-corrected chi connectivity index (χ1v) is 12.5. The normalized spacial score (nSPS) is 14.6. The van der Waals surface area contributed by atoms with Gasteiger partial charge < -0.3 is 24.6 Å². The number of fused-ring (bicyclic) bond motifs is 1. The summed E-state index contributed by atoms with van der Waals surface area (Å²) in [5.41, 5.74) is 2.29. The molecule has 0 saturated heterocycles. The maximum absolute atomic E-state index is 13.4. The highest BCUT2D eigenvalue weighted by molar-refractivity contribution is 7.98. The highest BCUT2D eigenvalue weighted by atomic mass is 32.2. The predicted octanol–water partition coefficient (Wildman–Crippen LogP) is 3.58. The standard InChI is InChI=1S/C24H33N5O4S/c1-16(2)20(9-10-25-24(31)32-4)33-15-17-7-6-8-18(13-17)29-12-11-28(3)21-19(22(29)30)14-26-23(27-21)34-5/h6-8,13-14,16,20H,9-12,15H2,1-5H3,(H,25,31). The zero-order valence-electron chi connectivity index (χ0n) is 20.4. The van der Waals surface area contributed by atoms with Crippen LogP contribution in [-0.2, 0) is 16.1 Å². The van der Waals surface area contributed by atoms with Gasteiger partial charge in [0.25, 0.3) is 5.91 Å². The van der Waals surface area contributed by atoms with Crippen LogP contribution in [0.5, 0.6) is 0 Å². The van der Waals surface area contributed by atoms with E-state index in [9.17, 15) is 9.59 Å². The number of anilines is 2. The number of alkyl carbamates (subject to hydrolysis) is 1. The first-order chi connectivity index (χ1) is 16.3. The molecule has 0 fully saturated rings. The van der Waals surface area contributed by atoms with Crippen molar-refractivity contribution in [3.05, 3.63) is 41.6 Å². The quantitative estimate of drug-likeness (QED) is 0.423. The number of nitrogens with one attached hydrogen (secondary N) is 1. The number of hydrogen-bond acceptors (Lipinski definition) is 8. The lowest BCUT2D eigenvalue weighted by molar-refractivity contribution is 0.00568. The minimum absolute atomic E-state index is 0.0241. The van der Waals surface area contributed by atoms with Crippen molar-refractivity contribution in [3.8, 4) is 0 Å². The number of ether oxygens (including phenoxy) is 2. The fraction of sp³-hybridized carbons (Fsp3) is 0.500. The Labute approximate surface area is 205 Å². The lowest BCUT2D eigenvalue weighted by Crippen LogP contribution is -2.33. The monoisotopic (exact) mass is 487 g/mol. The molecule has 1 aliphatic rings. The fourth-order valence-electron chi connectivity index (χ4n) is 3.76. The number of rotatable bonds is 9. The third-order valence-electron chi connectivity index (χ3n) is 5.74. The number of carbonyl (C=O) groups is 2. The maximum Gasteiger partial charge on any atom is 0.406 e. The largest absolute Gasteiger partial charge is 0.453 e. The molecule has 3 rings (SSSR count). The summed E-state index contributed by atoms with van der Waals surface area (Å²) >= 11 is 1.45. The number of aromatic nitrogens is 2. The molecule has 0 bridgehead atoms. The molecule has 2 amide bonds. The number of carbonyl (C=O) groups excluding carboxylic acids is 2. The number of methoxy groups -OCH3 is 1. The Balaban J connectivity index is 1.71. The van der Waals surface area contributed by atoms with E-state index >= 15 is 0 Å². The van der Waals surface area contributed by atoms with Crippen molar-refractivity contribution < 1.29 is 19.1 Å². The SMILES string of the molecule is COC(=O)NCCC(OCc1cccc(N2CCN(C)c3nc(SC)ncc3C2=O)c1)C(C)C. The Morgan fingerprint density at radius 3 is 2.79 bits per heavy atom. The van der Waals surface area contributed by atoms with E-state index in [1.165, 1.54) is 18.9 Å². The molecule has 1 unspecified atom stereocenters. The van der Waals surface area contributed by atoms with Crippen LogP contribution in [0.2, 0.25) is 0 Å². The van der Waals surface area contributed by atoms with Crippen LogP contribution in [0.3, 0.4) is 0 Å². The highest BCUT2D eigenvalue weighted by Crippen LogP contribution is 2.27. The molecular weight excluding hydrogens is 454 g/mol. The summed E-state index contributed by atoms with van der Waals surface area (Å²) in [4.78, 5) is 37.3. The molecule has 9 nitrogen and oxygen atoms in total. The van der Waals surface area contributed by atoms with Crippen molar-refractivity contribution in [2.24, 2.45) is 5.92 Å². The van der Waals surface area contributed by atoms with Gasteiger partial charge in [0.15, 0.2) is 5.16 Å². The number of benzene rings is 1. The lowest BCUT2D eigenvalue weighted by atomic mass is 10.0. The Kier molecular flexibility index (Phi) is 9.12. The second-order valence-electron chi connectivity index (χ2n) is 8.44. The van der Waals surface area contributed by atoms with Gasteiger partial charge in [-0.05, 0) is 36.3 Å². The Hall–Kier alpha value is -2.85. The molecule has 0 radical (unpaired) electrons. The van der Waals surface area contributed by atoms with Gasteiger partial charge in [-0.15, -0.1) is 0 Å². The minimum atomic E-state index is -0.445. The molecule has 0 spiro atoms. The highest BCUT2D eigenvalue weighted by Gasteiger charge is 2.28. The first-order valence-electron chi connectivity index (χ1n) is 11.3. The van der Waals surface area contributed by atoms with Crippen molar-refractivity contribution in [1.82, 2.24) is 15.3 Å². The molecule has 184 valence electrons. The van der Waals surface area contributed by atoms with Crippen molar-refractivity contribution in [2.45, 2.75) is 38.1 Å². The first kappa shape index (κ1) is 25.8. The van der Waals surface area contributed by atoms with Gasteiger partial charge in [-0.25, -0.2) is 14.8 Å². The van der Waals surface area contributed by atoms with Crippen LogP contribution in [0.25, 0.3) is 0 Å². The van der Waals surface area contributed by atoms with Gasteiger partial charge in [0.2, 0.25) is 0 Å². The van der Waals surface area contributed by atoms with Gasteiger partial charge in [0.05, 0.1) is 19.8 Å². The van der Waals surface area contributed by atoms with Gasteiger partial charge in [-0.2, -0.15) is 0 Å². The van der Waals surface area contributed by atoms with E-state index in [4.69, 9.17) is 4.74 Å². The molecule has 1 aliphatic heterocycles. The number of likely N-dealkylation sites (N-methyl/N-ethyl adjacent to an activating group) is 1. The van der Waals surface area contributed by atoms with E-state index < -0.39 is 6.09 Å². The summed E-state index contributed by atoms with van der Waals surface area (Å²) in [6, 6.07) is 7.85. The summed E-state index contributed by atoms with van der Waals surface area (Å²) in [5.74, 6) is 0.832. The molecular formula is C24H33N5O4S. The maximum atomic E-state index is 13.4. The molecule has 0 saturated carbocycles. The van der Waals surface area contributed by atoms with Crippen LogP contribution in [0.1, 0.15) is 36.2 Å². The molecule has 1 aromatic heterocycles. The van der Waals surface area contributed by atoms with Gasteiger partial charge in [0.1, 0.15) is 11.4 Å². The summed E-state index contributed by atoms with van der Waals surface area (Å²) in [6.45, 7) is 6.27. The Morgan fingerprint density at radius 1 is 1.29 bits per heavy atom. The average molecular weight is 488 g/mol. The molecule has 2 heterocycles. The van der Waals surface area contributed by atoms with Gasteiger partial charge in [0, 0.05) is 38.6 Å². The summed E-state index contributed by atoms with van der Waals surface area (Å²) in [6.07, 6.45) is 3.75. The molecule has 2 aromatic rings. The third kappa shape index (κ3) is 6.38. The van der Waals surface area contributed by atoms with E-state index in [-0.39, 0.29) is 17.9 Å². The molecule has 34 heavy (non-hydrogen) atoms. The third-order valence-corrected chi connectivity index (χ3v) is 6.30. The van der Waals surface area contributed by atoms with Crippen molar-refractivity contribution >= 4 is 35.3 Å². The van der Waals surface area contributed by atoms with Gasteiger partial charge >= 0.3 is 6.09 Å². The van der Waals surface area contributed by atoms with Crippen LogP contribution in [0.4, 0.5) is 16.3 Å². The van der Waals surface area contributed by atoms with Crippen LogP contribution in [0.15, 0.2) is 35.6 Å². The topological polar surface area (TPSA) is 96.9 Å². The Bertz CT molecular complexity index is 1000. The molecule has 10 heteroatoms. The van der Waals surface area contributed by atoms with E-state index in [1.54, 1.807) is 11.1 Å². The number of amides is 2. The number of hydrogen-bond donors (Lipinski definition) is 1. The number of nitrogens with zero attached hydrogens (tertiary/aromatic N) is 4. The zero-order chi connectivity index (χ0) is 24.7. The second-order valence-corrected chi connectivity index (χ2v) is 9.22. The van der Waals surface area contributed by atoms with Crippen molar-refractivity contribution in [3.63, 3.8) is 0 Å². The van der Waals surface area contributed by atoms with Gasteiger partial charge in [-0.3, -0.25) is 4.79 Å². The van der Waals surface area contributed by atoms with E-state index in [0.29, 0.717) is 49.2 Å². The van der Waals surface area contributed by atoms with Crippen molar-refractivity contribution in [1.29, 1.82) is 0 Å². The minimum Gasteiger partial charge on any atom is -0.453 e. The van der Waals surface area contributed by atoms with Crippen LogP contribution < -0.4 is 15.1 Å². The van der Waals surface area contributed by atoms with E-state index in [1.807, 2.05) is 42.5 Å².